The molecule has 84 valence electrons. The fraction of sp³-hybridized carbons (Fsp3) is 0.273. The molecule has 16 heavy (non-hydrogen) atoms. The van der Waals surface area contributed by atoms with E-state index in [1.807, 2.05) is 0 Å². The first-order valence-corrected chi connectivity index (χ1v) is 5.15. The molecule has 0 aliphatic carbocycles. The van der Waals surface area contributed by atoms with Crippen molar-refractivity contribution in [2.75, 3.05) is 6.54 Å². The number of halogens is 1. The van der Waals surface area contributed by atoms with Gasteiger partial charge in [0.05, 0.1) is 23.8 Å². The number of pyridine rings is 1. The maximum atomic E-state index is 12.7. The molecule has 2 rings (SSSR count). The highest BCUT2D eigenvalue weighted by Gasteiger charge is 2.04. The Balaban J connectivity index is 2.15. The minimum absolute atomic E-state index is 0.341. The number of H-pyrrole nitrogens is 1. The Morgan fingerprint density at radius 1 is 1.25 bits per heavy atom. The van der Waals surface area contributed by atoms with E-state index in [2.05, 4.69) is 15.0 Å². The normalized spacial score (nSPS) is 10.6. The van der Waals surface area contributed by atoms with Crippen LogP contribution in [0.2, 0.25) is 0 Å². The predicted molar refractivity (Wildman–Crippen MR) is 59.2 cm³/mol. The van der Waals surface area contributed by atoms with Crippen LogP contribution in [0.1, 0.15) is 12.2 Å². The molecule has 0 spiro atoms. The van der Waals surface area contributed by atoms with Gasteiger partial charge in [-0.3, -0.25) is 4.98 Å². The fourth-order valence-corrected chi connectivity index (χ4v) is 1.42. The van der Waals surface area contributed by atoms with E-state index in [0.29, 0.717) is 12.2 Å². The molecule has 0 amide bonds. The van der Waals surface area contributed by atoms with E-state index in [0.717, 1.165) is 24.4 Å². The van der Waals surface area contributed by atoms with Crippen LogP contribution in [-0.2, 0) is 6.42 Å². The Morgan fingerprint density at radius 3 is 2.81 bits per heavy atom. The highest BCUT2D eigenvalue weighted by Crippen LogP contribution is 2.14. The van der Waals surface area contributed by atoms with Crippen molar-refractivity contribution in [2.24, 2.45) is 5.73 Å². The number of nitrogens with zero attached hydrogens (tertiary/aromatic N) is 2. The van der Waals surface area contributed by atoms with Gasteiger partial charge in [0.2, 0.25) is 0 Å². The van der Waals surface area contributed by atoms with Crippen molar-refractivity contribution in [2.45, 2.75) is 12.8 Å². The van der Waals surface area contributed by atoms with Gasteiger partial charge in [-0.25, -0.2) is 9.37 Å². The summed E-state index contributed by atoms with van der Waals surface area (Å²) in [6, 6.07) is 3.00. The third-order valence-electron chi connectivity index (χ3n) is 2.25. The largest absolute Gasteiger partial charge is 0.341 e. The van der Waals surface area contributed by atoms with E-state index in [4.69, 9.17) is 5.73 Å². The van der Waals surface area contributed by atoms with Crippen LogP contribution in [0.4, 0.5) is 4.39 Å². The topological polar surface area (TPSA) is 67.6 Å². The van der Waals surface area contributed by atoms with Gasteiger partial charge in [0, 0.05) is 6.42 Å². The second-order valence-corrected chi connectivity index (χ2v) is 3.50. The lowest BCUT2D eigenvalue weighted by Gasteiger charge is -1.96. The fourth-order valence-electron chi connectivity index (χ4n) is 1.42. The number of nitrogens with one attached hydrogen (secondary N) is 1. The zero-order valence-corrected chi connectivity index (χ0v) is 8.78. The van der Waals surface area contributed by atoms with E-state index in [-0.39, 0.29) is 5.82 Å². The summed E-state index contributed by atoms with van der Waals surface area (Å²) in [4.78, 5) is 11.3. The molecule has 0 aliphatic rings. The lowest BCUT2D eigenvalue weighted by Crippen LogP contribution is -2.01. The number of aromatic amines is 1. The SMILES string of the molecule is NCCCc1ncc(-c2ccc(F)cn2)[nH]1. The predicted octanol–water partition coefficient (Wildman–Crippen LogP) is 1.50. The molecule has 0 aliphatic heterocycles. The average molecular weight is 220 g/mol. The summed E-state index contributed by atoms with van der Waals surface area (Å²) in [7, 11) is 0. The lowest BCUT2D eigenvalue weighted by molar-refractivity contribution is 0.622. The van der Waals surface area contributed by atoms with E-state index >= 15 is 0 Å². The van der Waals surface area contributed by atoms with Gasteiger partial charge in [-0.15, -0.1) is 0 Å². The van der Waals surface area contributed by atoms with Crippen LogP contribution >= 0.6 is 0 Å². The molecule has 2 heterocycles. The van der Waals surface area contributed by atoms with E-state index in [1.54, 1.807) is 12.3 Å². The van der Waals surface area contributed by atoms with Crippen LogP contribution < -0.4 is 5.73 Å². The molecule has 0 aromatic carbocycles. The molecule has 2 aromatic rings. The molecular weight excluding hydrogens is 207 g/mol. The second-order valence-electron chi connectivity index (χ2n) is 3.50. The summed E-state index contributed by atoms with van der Waals surface area (Å²) < 4.78 is 12.7. The molecule has 0 radical (unpaired) electrons. The lowest BCUT2D eigenvalue weighted by atomic mass is 10.3. The number of hydrogen-bond acceptors (Lipinski definition) is 3. The Bertz CT molecular complexity index is 449. The van der Waals surface area contributed by atoms with Gasteiger partial charge in [-0.05, 0) is 25.1 Å². The molecule has 0 saturated carbocycles. The highest BCUT2D eigenvalue weighted by molar-refractivity contribution is 5.52. The van der Waals surface area contributed by atoms with Crippen LogP contribution in [-0.4, -0.2) is 21.5 Å². The van der Waals surface area contributed by atoms with Crippen molar-refractivity contribution in [1.29, 1.82) is 0 Å². The van der Waals surface area contributed by atoms with Crippen molar-refractivity contribution < 1.29 is 4.39 Å². The van der Waals surface area contributed by atoms with E-state index in [9.17, 15) is 4.39 Å². The Labute approximate surface area is 92.7 Å². The highest BCUT2D eigenvalue weighted by atomic mass is 19.1. The van der Waals surface area contributed by atoms with Gasteiger partial charge in [0.1, 0.15) is 11.6 Å². The quantitative estimate of drug-likeness (QED) is 0.820. The number of aromatic nitrogens is 3. The molecular formula is C11H13FN4. The zero-order valence-electron chi connectivity index (χ0n) is 8.78. The minimum atomic E-state index is -0.341. The number of nitrogens with two attached hydrogens (primary N) is 1. The molecule has 5 heteroatoms. The van der Waals surface area contributed by atoms with Crippen LogP contribution in [0, 0.1) is 5.82 Å². The van der Waals surface area contributed by atoms with Crippen molar-refractivity contribution in [1.82, 2.24) is 15.0 Å². The van der Waals surface area contributed by atoms with Crippen molar-refractivity contribution in [3.05, 3.63) is 36.2 Å². The summed E-state index contributed by atoms with van der Waals surface area (Å²) >= 11 is 0. The van der Waals surface area contributed by atoms with Crippen molar-refractivity contribution in [3.8, 4) is 11.4 Å². The second kappa shape index (κ2) is 4.85. The minimum Gasteiger partial charge on any atom is -0.341 e. The van der Waals surface area contributed by atoms with Crippen LogP contribution in [0.3, 0.4) is 0 Å². The number of rotatable bonds is 4. The van der Waals surface area contributed by atoms with E-state index < -0.39 is 0 Å². The Morgan fingerprint density at radius 2 is 2.12 bits per heavy atom. The maximum Gasteiger partial charge on any atom is 0.141 e. The average Bonchev–Trinajstić information content (AvgIpc) is 2.76. The Hall–Kier alpha value is -1.75. The van der Waals surface area contributed by atoms with Gasteiger partial charge >= 0.3 is 0 Å². The first-order valence-electron chi connectivity index (χ1n) is 5.15. The van der Waals surface area contributed by atoms with Gasteiger partial charge < -0.3 is 10.7 Å². The van der Waals surface area contributed by atoms with Crippen molar-refractivity contribution >= 4 is 0 Å². The molecule has 2 aromatic heterocycles. The van der Waals surface area contributed by atoms with Crippen molar-refractivity contribution in [3.63, 3.8) is 0 Å². The molecule has 0 unspecified atom stereocenters. The monoisotopic (exact) mass is 220 g/mol. The summed E-state index contributed by atoms with van der Waals surface area (Å²) in [6.45, 7) is 0.644. The molecule has 3 N–H and O–H groups in total. The Kier molecular flexibility index (Phi) is 3.26. The molecule has 0 atom stereocenters. The molecule has 0 bridgehead atoms. The van der Waals surface area contributed by atoms with Crippen LogP contribution in [0.5, 0.6) is 0 Å². The molecule has 0 saturated heterocycles. The third-order valence-corrected chi connectivity index (χ3v) is 2.25. The van der Waals surface area contributed by atoms with Gasteiger partial charge in [0.15, 0.2) is 0 Å². The molecule has 4 nitrogen and oxygen atoms in total. The smallest absolute Gasteiger partial charge is 0.141 e. The third kappa shape index (κ3) is 2.43. The van der Waals surface area contributed by atoms with E-state index in [1.165, 1.54) is 12.3 Å². The maximum absolute atomic E-state index is 12.7. The van der Waals surface area contributed by atoms with Crippen LogP contribution in [0.15, 0.2) is 24.5 Å². The van der Waals surface area contributed by atoms with Gasteiger partial charge in [0.25, 0.3) is 0 Å². The standard InChI is InChI=1S/C11H13FN4/c12-8-3-4-9(14-6-8)10-7-15-11(16-10)2-1-5-13/h3-4,6-7H,1-2,5,13H2,(H,15,16). The first kappa shape index (κ1) is 10.8. The number of imidazole rings is 1. The summed E-state index contributed by atoms with van der Waals surface area (Å²) in [5.41, 5.74) is 6.90. The number of aryl methyl sites for hydroxylation is 1. The summed E-state index contributed by atoms with van der Waals surface area (Å²) in [5, 5.41) is 0. The molecule has 0 fully saturated rings. The summed E-state index contributed by atoms with van der Waals surface area (Å²) in [6.07, 6.45) is 4.60. The number of hydrogen-bond donors (Lipinski definition) is 2. The zero-order chi connectivity index (χ0) is 11.4. The van der Waals surface area contributed by atoms with Gasteiger partial charge in [-0.2, -0.15) is 0 Å². The van der Waals surface area contributed by atoms with Crippen LogP contribution in [0.25, 0.3) is 11.4 Å². The first-order chi connectivity index (χ1) is 7.79. The van der Waals surface area contributed by atoms with Gasteiger partial charge in [-0.1, -0.05) is 0 Å². The summed E-state index contributed by atoms with van der Waals surface area (Å²) in [5.74, 6) is 0.540.